The number of ether oxygens (including phenoxy) is 1. The molecule has 0 aliphatic rings. The summed E-state index contributed by atoms with van der Waals surface area (Å²) in [6, 6.07) is 1.21. The molecule has 8 heteroatoms. The standard InChI is InChI=1S/C13H21ClN2O4S/c1-5-15-8-11(21(14,18)19)7-12(15)13(17)16(6-2)10(3)9-20-4/h7-8,10H,5-6,9H2,1-4H3. The van der Waals surface area contributed by atoms with Gasteiger partial charge in [-0.05, 0) is 26.8 Å². The summed E-state index contributed by atoms with van der Waals surface area (Å²) in [4.78, 5) is 14.2. The summed E-state index contributed by atoms with van der Waals surface area (Å²) in [5.74, 6) is -0.240. The third-order valence-corrected chi connectivity index (χ3v) is 4.58. The molecule has 1 unspecified atom stereocenters. The molecule has 6 nitrogen and oxygen atoms in total. The summed E-state index contributed by atoms with van der Waals surface area (Å²) in [7, 11) is 3.06. The van der Waals surface area contributed by atoms with Gasteiger partial charge in [0.15, 0.2) is 0 Å². The lowest BCUT2D eigenvalue weighted by molar-refractivity contribution is 0.0569. The van der Waals surface area contributed by atoms with Crippen molar-refractivity contribution in [3.63, 3.8) is 0 Å². The largest absolute Gasteiger partial charge is 0.383 e. The van der Waals surface area contributed by atoms with Gasteiger partial charge in [-0.3, -0.25) is 4.79 Å². The van der Waals surface area contributed by atoms with E-state index in [9.17, 15) is 13.2 Å². The molecule has 1 amide bonds. The van der Waals surface area contributed by atoms with E-state index in [1.165, 1.54) is 12.3 Å². The maximum atomic E-state index is 12.6. The van der Waals surface area contributed by atoms with Crippen LogP contribution in [0.3, 0.4) is 0 Å². The van der Waals surface area contributed by atoms with Gasteiger partial charge in [-0.1, -0.05) is 0 Å². The van der Waals surface area contributed by atoms with Crippen LogP contribution in [-0.2, 0) is 20.3 Å². The zero-order valence-corrected chi connectivity index (χ0v) is 14.2. The van der Waals surface area contributed by atoms with Gasteiger partial charge in [0, 0.05) is 37.1 Å². The number of hydrogen-bond donors (Lipinski definition) is 0. The maximum absolute atomic E-state index is 12.6. The smallest absolute Gasteiger partial charge is 0.270 e. The molecule has 1 heterocycles. The number of aromatic nitrogens is 1. The van der Waals surface area contributed by atoms with E-state index < -0.39 is 9.05 Å². The van der Waals surface area contributed by atoms with E-state index in [-0.39, 0.29) is 16.8 Å². The molecule has 0 saturated carbocycles. The van der Waals surface area contributed by atoms with E-state index in [4.69, 9.17) is 15.4 Å². The Balaban J connectivity index is 3.19. The summed E-state index contributed by atoms with van der Waals surface area (Å²) in [6.07, 6.45) is 1.38. The normalized spacial score (nSPS) is 13.2. The minimum absolute atomic E-state index is 0.0650. The van der Waals surface area contributed by atoms with Gasteiger partial charge in [0.25, 0.3) is 15.0 Å². The summed E-state index contributed by atoms with van der Waals surface area (Å²) < 4.78 is 29.5. The van der Waals surface area contributed by atoms with Crippen molar-refractivity contribution >= 4 is 25.6 Å². The molecule has 120 valence electrons. The van der Waals surface area contributed by atoms with Gasteiger partial charge in [-0.25, -0.2) is 8.42 Å². The van der Waals surface area contributed by atoms with Crippen LogP contribution in [-0.4, -0.2) is 50.1 Å². The van der Waals surface area contributed by atoms with Crippen LogP contribution in [0, 0.1) is 0 Å². The average Bonchev–Trinajstić information content (AvgIpc) is 2.83. The average molecular weight is 337 g/mol. The van der Waals surface area contributed by atoms with Gasteiger partial charge in [0.05, 0.1) is 12.6 Å². The Morgan fingerprint density at radius 1 is 1.48 bits per heavy atom. The molecule has 21 heavy (non-hydrogen) atoms. The second-order valence-corrected chi connectivity index (χ2v) is 7.25. The highest BCUT2D eigenvalue weighted by atomic mass is 35.7. The number of carbonyl (C=O) groups excluding carboxylic acids is 1. The fourth-order valence-electron chi connectivity index (χ4n) is 2.19. The first-order valence-electron chi connectivity index (χ1n) is 6.70. The lowest BCUT2D eigenvalue weighted by atomic mass is 10.2. The Bertz CT molecular complexity index is 597. The van der Waals surface area contributed by atoms with Crippen molar-refractivity contribution in [3.05, 3.63) is 18.0 Å². The number of aryl methyl sites for hydroxylation is 1. The summed E-state index contributed by atoms with van der Waals surface area (Å²) in [5.41, 5.74) is 0.307. The van der Waals surface area contributed by atoms with Crippen molar-refractivity contribution in [3.8, 4) is 0 Å². The van der Waals surface area contributed by atoms with Crippen molar-refractivity contribution in [2.24, 2.45) is 0 Å². The van der Waals surface area contributed by atoms with Crippen molar-refractivity contribution in [1.82, 2.24) is 9.47 Å². The molecule has 1 atom stereocenters. The fraction of sp³-hybridized carbons (Fsp3) is 0.615. The van der Waals surface area contributed by atoms with Crippen molar-refractivity contribution in [1.29, 1.82) is 0 Å². The van der Waals surface area contributed by atoms with Gasteiger partial charge in [-0.15, -0.1) is 0 Å². The number of carbonyl (C=O) groups is 1. The van der Waals surface area contributed by atoms with Crippen LogP contribution in [0.5, 0.6) is 0 Å². The zero-order valence-electron chi connectivity index (χ0n) is 12.7. The second kappa shape index (κ2) is 7.29. The predicted octanol–water partition coefficient (Wildman–Crippen LogP) is 1.93. The van der Waals surface area contributed by atoms with Gasteiger partial charge >= 0.3 is 0 Å². The molecule has 1 rings (SSSR count). The Morgan fingerprint density at radius 2 is 2.10 bits per heavy atom. The summed E-state index contributed by atoms with van der Waals surface area (Å²) in [6.45, 7) is 6.96. The topological polar surface area (TPSA) is 68.6 Å². The molecule has 0 spiro atoms. The molecule has 0 fully saturated rings. The summed E-state index contributed by atoms with van der Waals surface area (Å²) >= 11 is 0. The molecule has 0 aliphatic heterocycles. The van der Waals surface area contributed by atoms with Crippen LogP contribution in [0.4, 0.5) is 0 Å². The molecule has 0 aromatic carbocycles. The van der Waals surface area contributed by atoms with Crippen LogP contribution in [0.1, 0.15) is 31.3 Å². The van der Waals surface area contributed by atoms with E-state index in [0.29, 0.717) is 25.4 Å². The molecule has 0 aliphatic carbocycles. The highest BCUT2D eigenvalue weighted by Gasteiger charge is 2.25. The Morgan fingerprint density at radius 3 is 2.52 bits per heavy atom. The van der Waals surface area contributed by atoms with Crippen molar-refractivity contribution in [2.45, 2.75) is 38.3 Å². The van der Waals surface area contributed by atoms with Crippen LogP contribution >= 0.6 is 10.7 Å². The number of nitrogens with zero attached hydrogens (tertiary/aromatic N) is 2. The monoisotopic (exact) mass is 336 g/mol. The number of rotatable bonds is 7. The molecular formula is C13H21ClN2O4S. The van der Waals surface area contributed by atoms with E-state index in [1.54, 1.807) is 16.6 Å². The Labute approximate surface area is 130 Å². The minimum atomic E-state index is -3.86. The number of methoxy groups -OCH3 is 1. The number of halogens is 1. The van der Waals surface area contributed by atoms with Crippen LogP contribution in [0.25, 0.3) is 0 Å². The minimum Gasteiger partial charge on any atom is -0.383 e. The van der Waals surface area contributed by atoms with Gasteiger partial charge < -0.3 is 14.2 Å². The zero-order chi connectivity index (χ0) is 16.2. The van der Waals surface area contributed by atoms with Gasteiger partial charge in [0.1, 0.15) is 10.6 Å². The third kappa shape index (κ3) is 4.21. The first kappa shape index (κ1) is 18.0. The fourth-order valence-corrected chi connectivity index (χ4v) is 2.95. The number of amides is 1. The van der Waals surface area contributed by atoms with Crippen LogP contribution in [0.2, 0.25) is 0 Å². The molecule has 1 aromatic rings. The molecule has 0 bridgehead atoms. The van der Waals surface area contributed by atoms with E-state index >= 15 is 0 Å². The van der Waals surface area contributed by atoms with Crippen molar-refractivity contribution < 1.29 is 17.9 Å². The highest BCUT2D eigenvalue weighted by molar-refractivity contribution is 8.13. The lowest BCUT2D eigenvalue weighted by Crippen LogP contribution is -2.41. The SMILES string of the molecule is CCN(C(=O)c1cc(S(=O)(=O)Cl)cn1CC)C(C)COC. The van der Waals surface area contributed by atoms with E-state index in [0.717, 1.165) is 0 Å². The van der Waals surface area contributed by atoms with E-state index in [2.05, 4.69) is 0 Å². The number of hydrogen-bond acceptors (Lipinski definition) is 4. The third-order valence-electron chi connectivity index (χ3n) is 3.25. The predicted molar refractivity (Wildman–Crippen MR) is 81.2 cm³/mol. The number of likely N-dealkylation sites (N-methyl/N-ethyl adjacent to an activating group) is 1. The lowest BCUT2D eigenvalue weighted by Gasteiger charge is -2.27. The molecule has 1 aromatic heterocycles. The quantitative estimate of drug-likeness (QED) is 0.713. The van der Waals surface area contributed by atoms with Crippen LogP contribution in [0.15, 0.2) is 17.2 Å². The first-order valence-corrected chi connectivity index (χ1v) is 9.01. The molecular weight excluding hydrogens is 316 g/mol. The van der Waals surface area contributed by atoms with Crippen molar-refractivity contribution in [2.75, 3.05) is 20.3 Å². The van der Waals surface area contributed by atoms with Gasteiger partial charge in [0.2, 0.25) is 0 Å². The Kier molecular flexibility index (Phi) is 6.24. The molecule has 0 N–H and O–H groups in total. The van der Waals surface area contributed by atoms with Gasteiger partial charge in [-0.2, -0.15) is 0 Å². The van der Waals surface area contributed by atoms with E-state index in [1.807, 2.05) is 20.8 Å². The molecule has 0 saturated heterocycles. The molecule has 0 radical (unpaired) electrons. The van der Waals surface area contributed by atoms with Crippen LogP contribution < -0.4 is 0 Å². The highest BCUT2D eigenvalue weighted by Crippen LogP contribution is 2.20. The Hall–Kier alpha value is -1.05. The maximum Gasteiger partial charge on any atom is 0.270 e. The second-order valence-electron chi connectivity index (χ2n) is 4.68. The summed E-state index contributed by atoms with van der Waals surface area (Å²) in [5, 5.41) is 0. The first-order chi connectivity index (χ1) is 9.76.